The lowest BCUT2D eigenvalue weighted by Crippen LogP contribution is -2.75. The fraction of sp³-hybridized carbons (Fsp3) is 0.522. The molecule has 0 aromatic heterocycles. The monoisotopic (exact) mass is 463 g/mol. The number of allylic oxidation sites excluding steroid dienone is 3. The molecule has 2 atom stereocenters. The van der Waals surface area contributed by atoms with Crippen LogP contribution >= 0.6 is 0 Å². The molecule has 0 bridgehead atoms. The molecule has 0 unspecified atom stereocenters. The summed E-state index contributed by atoms with van der Waals surface area (Å²) in [5.41, 5.74) is 1.54. The number of hydrogen-bond acceptors (Lipinski definition) is 5. The summed E-state index contributed by atoms with van der Waals surface area (Å²) in [7, 11) is 1.67. The zero-order valence-electron chi connectivity index (χ0n) is 19.8. The molecule has 0 aromatic rings. The van der Waals surface area contributed by atoms with Crippen LogP contribution in [0.4, 0.5) is 9.18 Å². The van der Waals surface area contributed by atoms with Gasteiger partial charge in [0.1, 0.15) is 18.0 Å². The number of piperazine rings is 1. The highest BCUT2D eigenvalue weighted by Crippen LogP contribution is 2.25. The van der Waals surface area contributed by atoms with Gasteiger partial charge in [-0.15, -0.1) is 0 Å². The molecule has 0 spiro atoms. The minimum atomic E-state index is -0.712. The van der Waals surface area contributed by atoms with Crippen LogP contribution in [-0.4, -0.2) is 96.3 Å². The van der Waals surface area contributed by atoms with Crippen molar-refractivity contribution < 1.29 is 23.5 Å². The molecule has 9 nitrogen and oxygen atoms in total. The number of fused-ring (bicyclic) bond motifs is 1. The summed E-state index contributed by atoms with van der Waals surface area (Å²) in [6, 6.07) is -1.05. The van der Waals surface area contributed by atoms with Gasteiger partial charge in [-0.2, -0.15) is 0 Å². The third-order valence-electron chi connectivity index (χ3n) is 5.69. The van der Waals surface area contributed by atoms with Gasteiger partial charge in [0.15, 0.2) is 0 Å². The Labute approximate surface area is 194 Å². The summed E-state index contributed by atoms with van der Waals surface area (Å²) >= 11 is 0. The molecule has 2 fully saturated rings. The Balaban J connectivity index is 2.10. The highest BCUT2D eigenvalue weighted by molar-refractivity contribution is 5.91. The van der Waals surface area contributed by atoms with Crippen molar-refractivity contribution in [2.24, 2.45) is 0 Å². The van der Waals surface area contributed by atoms with E-state index in [0.29, 0.717) is 12.1 Å². The molecule has 2 aliphatic heterocycles. The van der Waals surface area contributed by atoms with E-state index >= 15 is 0 Å². The van der Waals surface area contributed by atoms with Crippen LogP contribution in [0, 0.1) is 0 Å². The second-order valence-corrected chi connectivity index (χ2v) is 8.12. The van der Waals surface area contributed by atoms with Crippen LogP contribution < -0.4 is 5.32 Å². The van der Waals surface area contributed by atoms with E-state index in [0.717, 1.165) is 5.57 Å². The van der Waals surface area contributed by atoms with Crippen LogP contribution in [0.25, 0.3) is 0 Å². The van der Waals surface area contributed by atoms with Crippen molar-refractivity contribution in [1.82, 2.24) is 25.1 Å². The summed E-state index contributed by atoms with van der Waals surface area (Å²) < 4.78 is 18.5. The number of carbonyl (C=O) groups excluding carboxylic acids is 3. The molecule has 2 aliphatic rings. The number of nitrogens with one attached hydrogen (secondary N) is 1. The molecular formula is C23H34FN5O4. The Morgan fingerprint density at radius 1 is 1.36 bits per heavy atom. The number of urea groups is 1. The second-order valence-electron chi connectivity index (χ2n) is 8.12. The van der Waals surface area contributed by atoms with Crippen molar-refractivity contribution in [1.29, 1.82) is 0 Å². The molecule has 1 N–H and O–H groups in total. The van der Waals surface area contributed by atoms with Gasteiger partial charge in [0.05, 0.1) is 26.3 Å². The number of hydrogen-bond donors (Lipinski definition) is 1. The SMILES string of the molecule is C=C/C(=C\C(=C)F)COCCN1C[C@H]2N(C(=O)CN(C)N2C(=O)NC/C(C)=C/C)[C@@H](C)C1=O. The topological polar surface area (TPSA) is 85.4 Å². The van der Waals surface area contributed by atoms with Crippen molar-refractivity contribution in [3.63, 3.8) is 0 Å². The van der Waals surface area contributed by atoms with E-state index < -0.39 is 18.0 Å². The summed E-state index contributed by atoms with van der Waals surface area (Å²) in [5.74, 6) is -1.02. The fourth-order valence-electron chi connectivity index (χ4n) is 3.79. The zero-order chi connectivity index (χ0) is 24.7. The third kappa shape index (κ3) is 6.52. The smallest absolute Gasteiger partial charge is 0.334 e. The summed E-state index contributed by atoms with van der Waals surface area (Å²) in [4.78, 5) is 41.7. The molecule has 2 saturated heterocycles. The maximum absolute atomic E-state index is 13.0. The van der Waals surface area contributed by atoms with Crippen molar-refractivity contribution >= 4 is 17.8 Å². The number of likely N-dealkylation sites (N-methyl/N-ethyl adjacent to an activating group) is 1. The molecule has 10 heteroatoms. The van der Waals surface area contributed by atoms with Gasteiger partial charge in [0, 0.05) is 20.1 Å². The van der Waals surface area contributed by atoms with Gasteiger partial charge < -0.3 is 19.9 Å². The first-order chi connectivity index (χ1) is 15.6. The number of ether oxygens (including phenoxy) is 1. The first kappa shape index (κ1) is 26.3. The van der Waals surface area contributed by atoms with Crippen molar-refractivity contribution in [3.8, 4) is 0 Å². The predicted octanol–water partition coefficient (Wildman–Crippen LogP) is 1.82. The van der Waals surface area contributed by atoms with Gasteiger partial charge in [-0.25, -0.2) is 19.2 Å². The highest BCUT2D eigenvalue weighted by atomic mass is 19.1. The van der Waals surface area contributed by atoms with Crippen LogP contribution in [-0.2, 0) is 14.3 Å². The van der Waals surface area contributed by atoms with E-state index in [1.807, 2.05) is 19.9 Å². The highest BCUT2D eigenvalue weighted by Gasteiger charge is 2.49. The average molecular weight is 464 g/mol. The minimum Gasteiger partial charge on any atom is -0.375 e. The second kappa shape index (κ2) is 11.8. The van der Waals surface area contributed by atoms with E-state index in [4.69, 9.17) is 4.74 Å². The number of amides is 4. The lowest BCUT2D eigenvalue weighted by atomic mass is 10.1. The Morgan fingerprint density at radius 3 is 2.67 bits per heavy atom. The largest absolute Gasteiger partial charge is 0.375 e. The standard InChI is InChI=1S/C23H34FN5O4/c1-7-16(3)12-25-23(32)29-20-13-27(9-10-33-15-19(8-2)11-17(4)24)22(31)18(5)28(20)21(30)14-26(29)6/h7-8,11,18,20H,2,4,9-10,12-15H2,1,3,5-6H3,(H,25,32)/b16-7+,19-11+/t18-,20-/m0/s1. The van der Waals surface area contributed by atoms with Gasteiger partial charge in [-0.1, -0.05) is 30.9 Å². The fourth-order valence-corrected chi connectivity index (χ4v) is 3.79. The van der Waals surface area contributed by atoms with Gasteiger partial charge in [0.2, 0.25) is 11.8 Å². The van der Waals surface area contributed by atoms with E-state index in [9.17, 15) is 18.8 Å². The Kier molecular flexibility index (Phi) is 9.36. The quantitative estimate of drug-likeness (QED) is 0.320. The molecule has 182 valence electrons. The van der Waals surface area contributed by atoms with E-state index in [2.05, 4.69) is 18.5 Å². The molecule has 0 aliphatic carbocycles. The lowest BCUT2D eigenvalue weighted by molar-refractivity contribution is -0.186. The number of carbonyl (C=O) groups is 3. The molecule has 0 saturated carbocycles. The average Bonchev–Trinajstić information content (AvgIpc) is 2.76. The van der Waals surface area contributed by atoms with Gasteiger partial charge in [0.25, 0.3) is 0 Å². The first-order valence-electron chi connectivity index (χ1n) is 10.9. The Hall–Kier alpha value is -2.98. The molecule has 4 amide bonds. The Morgan fingerprint density at radius 2 is 2.06 bits per heavy atom. The number of halogens is 1. The molecule has 2 rings (SSSR count). The Bertz CT molecular complexity index is 856. The summed E-state index contributed by atoms with van der Waals surface area (Å²) in [6.45, 7) is 13.4. The maximum atomic E-state index is 13.0. The van der Waals surface area contributed by atoms with Gasteiger partial charge >= 0.3 is 6.03 Å². The van der Waals surface area contributed by atoms with Crippen molar-refractivity contribution in [3.05, 3.63) is 48.4 Å². The van der Waals surface area contributed by atoms with Gasteiger partial charge in [-0.3, -0.25) is 9.59 Å². The van der Waals surface area contributed by atoms with Crippen LogP contribution in [0.2, 0.25) is 0 Å². The molecule has 0 aromatic carbocycles. The first-order valence-corrected chi connectivity index (χ1v) is 10.9. The molecule has 33 heavy (non-hydrogen) atoms. The predicted molar refractivity (Wildman–Crippen MR) is 123 cm³/mol. The minimum absolute atomic E-state index is 0.00375. The number of rotatable bonds is 9. The normalized spacial score (nSPS) is 22.4. The van der Waals surface area contributed by atoms with Crippen molar-refractivity contribution in [2.75, 3.05) is 46.4 Å². The van der Waals surface area contributed by atoms with Crippen LogP contribution in [0.5, 0.6) is 0 Å². The maximum Gasteiger partial charge on any atom is 0.334 e. The zero-order valence-corrected chi connectivity index (χ0v) is 19.8. The van der Waals surface area contributed by atoms with E-state index in [-0.39, 0.29) is 50.7 Å². The molecule has 0 radical (unpaired) electrons. The van der Waals surface area contributed by atoms with E-state index in [1.54, 1.807) is 23.9 Å². The number of nitrogens with zero attached hydrogens (tertiary/aromatic N) is 4. The number of hydrazine groups is 1. The summed E-state index contributed by atoms with van der Waals surface area (Å²) in [5, 5.41) is 5.93. The van der Waals surface area contributed by atoms with Crippen LogP contribution in [0.15, 0.2) is 48.4 Å². The molecular weight excluding hydrogens is 429 g/mol. The molecule has 2 heterocycles. The van der Waals surface area contributed by atoms with Crippen LogP contribution in [0.1, 0.15) is 20.8 Å². The third-order valence-corrected chi connectivity index (χ3v) is 5.69. The van der Waals surface area contributed by atoms with E-state index in [1.165, 1.54) is 22.1 Å². The van der Waals surface area contributed by atoms with Crippen LogP contribution in [0.3, 0.4) is 0 Å². The van der Waals surface area contributed by atoms with Crippen molar-refractivity contribution in [2.45, 2.75) is 33.0 Å². The lowest BCUT2D eigenvalue weighted by Gasteiger charge is -2.53. The van der Waals surface area contributed by atoms with Gasteiger partial charge in [-0.05, 0) is 32.4 Å². The summed E-state index contributed by atoms with van der Waals surface area (Å²) in [6.07, 6.45) is 3.99.